The third kappa shape index (κ3) is 3.37. The lowest BCUT2D eigenvalue weighted by atomic mass is 9.85. The van der Waals surface area contributed by atoms with Crippen molar-refractivity contribution in [3.8, 4) is 0 Å². The van der Waals surface area contributed by atoms with Crippen molar-refractivity contribution in [1.29, 1.82) is 0 Å². The zero-order chi connectivity index (χ0) is 14.0. The Morgan fingerprint density at radius 1 is 1.37 bits per heavy atom. The fourth-order valence-corrected chi connectivity index (χ4v) is 2.33. The Balaban J connectivity index is 2.13. The Labute approximate surface area is 114 Å². The summed E-state index contributed by atoms with van der Waals surface area (Å²) in [4.78, 5) is 11.9. The zero-order valence-electron chi connectivity index (χ0n) is 11.8. The molecule has 102 valence electrons. The molecule has 3 heteroatoms. The van der Waals surface area contributed by atoms with Gasteiger partial charge in [0.15, 0.2) is 0 Å². The van der Waals surface area contributed by atoms with E-state index in [9.17, 15) is 4.79 Å². The number of carbonyl (C=O) groups is 1. The Hall–Kier alpha value is -1.77. The fourth-order valence-electron chi connectivity index (χ4n) is 2.33. The number of nitrogens with one attached hydrogen (secondary N) is 1. The Morgan fingerprint density at radius 2 is 2.05 bits per heavy atom. The van der Waals surface area contributed by atoms with E-state index in [4.69, 9.17) is 4.74 Å². The summed E-state index contributed by atoms with van der Waals surface area (Å²) in [5.41, 5.74) is 2.94. The van der Waals surface area contributed by atoms with Gasteiger partial charge in [0.2, 0.25) is 0 Å². The van der Waals surface area contributed by atoms with E-state index in [-0.39, 0.29) is 12.1 Å². The number of carbonyl (C=O) groups excluding carboxylic acids is 1. The molecule has 1 aliphatic carbocycles. The number of rotatable bonds is 1. The molecule has 1 aliphatic rings. The van der Waals surface area contributed by atoms with Crippen LogP contribution in [0.5, 0.6) is 0 Å². The normalized spacial score (nSPS) is 18.7. The van der Waals surface area contributed by atoms with Gasteiger partial charge in [-0.15, -0.1) is 0 Å². The highest BCUT2D eigenvalue weighted by molar-refractivity contribution is 5.72. The molecule has 0 bridgehead atoms. The van der Waals surface area contributed by atoms with Crippen LogP contribution in [-0.2, 0) is 4.74 Å². The molecule has 0 aromatic heterocycles. The summed E-state index contributed by atoms with van der Waals surface area (Å²) in [5, 5.41) is 2.95. The monoisotopic (exact) mass is 259 g/mol. The molecule has 3 nitrogen and oxygen atoms in total. The maximum Gasteiger partial charge on any atom is 0.408 e. The molecule has 0 heterocycles. The van der Waals surface area contributed by atoms with Gasteiger partial charge < -0.3 is 10.1 Å². The summed E-state index contributed by atoms with van der Waals surface area (Å²) < 4.78 is 5.31. The lowest BCUT2D eigenvalue weighted by molar-refractivity contribution is 0.0500. The molecule has 19 heavy (non-hydrogen) atoms. The van der Waals surface area contributed by atoms with Gasteiger partial charge in [0.25, 0.3) is 0 Å². The van der Waals surface area contributed by atoms with Gasteiger partial charge >= 0.3 is 6.09 Å². The maximum atomic E-state index is 11.9. The SMILES string of the molecule is C=C1CC[C@H](NC(=O)OC(C)(C)C)c2ccccc21. The van der Waals surface area contributed by atoms with Gasteiger partial charge in [-0.05, 0) is 50.3 Å². The van der Waals surface area contributed by atoms with Crippen LogP contribution < -0.4 is 5.32 Å². The Bertz CT molecular complexity index is 500. The lowest BCUT2D eigenvalue weighted by Crippen LogP contribution is -2.36. The van der Waals surface area contributed by atoms with Crippen molar-refractivity contribution in [1.82, 2.24) is 5.32 Å². The zero-order valence-corrected chi connectivity index (χ0v) is 11.8. The van der Waals surface area contributed by atoms with E-state index < -0.39 is 5.60 Å². The predicted octanol–water partition coefficient (Wildman–Crippen LogP) is 4.06. The molecular weight excluding hydrogens is 238 g/mol. The molecule has 1 N–H and O–H groups in total. The topological polar surface area (TPSA) is 38.3 Å². The van der Waals surface area contributed by atoms with Gasteiger partial charge in [0.05, 0.1) is 6.04 Å². The van der Waals surface area contributed by atoms with Crippen LogP contribution in [0.3, 0.4) is 0 Å². The van der Waals surface area contributed by atoms with Crippen molar-refractivity contribution >= 4 is 11.7 Å². The average Bonchev–Trinajstić information content (AvgIpc) is 2.31. The number of alkyl carbamates (subject to hydrolysis) is 1. The molecule has 0 spiro atoms. The van der Waals surface area contributed by atoms with Gasteiger partial charge in [-0.3, -0.25) is 0 Å². The molecular formula is C16H21NO2. The third-order valence-corrected chi connectivity index (χ3v) is 3.14. The summed E-state index contributed by atoms with van der Waals surface area (Å²) in [7, 11) is 0. The van der Waals surface area contributed by atoms with E-state index in [1.165, 1.54) is 0 Å². The van der Waals surface area contributed by atoms with Gasteiger partial charge in [-0.25, -0.2) is 4.79 Å². The molecule has 1 atom stereocenters. The van der Waals surface area contributed by atoms with Gasteiger partial charge in [-0.2, -0.15) is 0 Å². The maximum absolute atomic E-state index is 11.9. The number of ether oxygens (including phenoxy) is 1. The van der Waals surface area contributed by atoms with E-state index in [1.54, 1.807) is 0 Å². The minimum absolute atomic E-state index is 0.0107. The molecule has 0 aliphatic heterocycles. The van der Waals surface area contributed by atoms with E-state index >= 15 is 0 Å². The minimum atomic E-state index is -0.470. The highest BCUT2D eigenvalue weighted by Gasteiger charge is 2.25. The molecule has 0 unspecified atom stereocenters. The molecule has 1 aromatic carbocycles. The van der Waals surface area contributed by atoms with Crippen molar-refractivity contribution in [2.45, 2.75) is 45.3 Å². The van der Waals surface area contributed by atoms with E-state index in [0.29, 0.717) is 0 Å². The smallest absolute Gasteiger partial charge is 0.408 e. The largest absolute Gasteiger partial charge is 0.444 e. The second-order valence-electron chi connectivity index (χ2n) is 5.93. The lowest BCUT2D eigenvalue weighted by Gasteiger charge is -2.29. The highest BCUT2D eigenvalue weighted by atomic mass is 16.6. The van der Waals surface area contributed by atoms with E-state index in [0.717, 1.165) is 29.5 Å². The van der Waals surface area contributed by atoms with Gasteiger partial charge in [0, 0.05) is 0 Å². The van der Waals surface area contributed by atoms with Crippen LogP contribution in [0, 0.1) is 0 Å². The summed E-state index contributed by atoms with van der Waals surface area (Å²) in [5.74, 6) is 0. The van der Waals surface area contributed by atoms with Crippen molar-refractivity contribution < 1.29 is 9.53 Å². The third-order valence-electron chi connectivity index (χ3n) is 3.14. The molecule has 1 aromatic rings. The van der Waals surface area contributed by atoms with Crippen LogP contribution in [0.1, 0.15) is 50.8 Å². The van der Waals surface area contributed by atoms with Crippen LogP contribution in [0.15, 0.2) is 30.8 Å². The molecule has 2 rings (SSSR count). The minimum Gasteiger partial charge on any atom is -0.444 e. The van der Waals surface area contributed by atoms with Gasteiger partial charge in [0.1, 0.15) is 5.60 Å². The number of fused-ring (bicyclic) bond motifs is 1. The second-order valence-corrected chi connectivity index (χ2v) is 5.93. The number of hydrogen-bond acceptors (Lipinski definition) is 2. The second kappa shape index (κ2) is 5.08. The number of allylic oxidation sites excluding steroid dienone is 1. The van der Waals surface area contributed by atoms with Crippen molar-refractivity contribution in [2.75, 3.05) is 0 Å². The van der Waals surface area contributed by atoms with Crippen molar-refractivity contribution in [3.63, 3.8) is 0 Å². The predicted molar refractivity (Wildman–Crippen MR) is 76.8 cm³/mol. The van der Waals surface area contributed by atoms with Crippen LogP contribution in [-0.4, -0.2) is 11.7 Å². The Morgan fingerprint density at radius 3 is 2.74 bits per heavy atom. The van der Waals surface area contributed by atoms with Crippen LogP contribution in [0.25, 0.3) is 5.57 Å². The highest BCUT2D eigenvalue weighted by Crippen LogP contribution is 2.35. The Kier molecular flexibility index (Phi) is 3.65. The standard InChI is InChI=1S/C16H21NO2/c1-11-9-10-14(13-8-6-5-7-12(11)13)17-15(18)19-16(2,3)4/h5-8,14H,1,9-10H2,2-4H3,(H,17,18)/t14-/m0/s1. The molecule has 1 amide bonds. The summed E-state index contributed by atoms with van der Waals surface area (Å²) in [6.07, 6.45) is 1.41. The van der Waals surface area contributed by atoms with Crippen LogP contribution >= 0.6 is 0 Å². The quantitative estimate of drug-likeness (QED) is 0.826. The first-order valence-corrected chi connectivity index (χ1v) is 6.63. The fraction of sp³-hybridized carbons (Fsp3) is 0.438. The average molecular weight is 259 g/mol. The number of benzene rings is 1. The summed E-state index contributed by atoms with van der Waals surface area (Å²) in [6.45, 7) is 9.68. The first-order valence-electron chi connectivity index (χ1n) is 6.63. The van der Waals surface area contributed by atoms with E-state index in [1.807, 2.05) is 39.0 Å². The first-order chi connectivity index (χ1) is 8.87. The summed E-state index contributed by atoms with van der Waals surface area (Å²) in [6, 6.07) is 8.10. The molecule has 0 radical (unpaired) electrons. The number of hydrogen-bond donors (Lipinski definition) is 1. The number of amides is 1. The van der Waals surface area contributed by atoms with Crippen molar-refractivity contribution in [2.24, 2.45) is 0 Å². The first kappa shape index (κ1) is 13.7. The van der Waals surface area contributed by atoms with Crippen LogP contribution in [0.2, 0.25) is 0 Å². The molecule has 0 saturated carbocycles. The molecule has 0 saturated heterocycles. The van der Waals surface area contributed by atoms with E-state index in [2.05, 4.69) is 18.0 Å². The molecule has 0 fully saturated rings. The van der Waals surface area contributed by atoms with Crippen LogP contribution in [0.4, 0.5) is 4.79 Å². The van der Waals surface area contributed by atoms with Crippen molar-refractivity contribution in [3.05, 3.63) is 42.0 Å². The summed E-state index contributed by atoms with van der Waals surface area (Å²) >= 11 is 0. The van der Waals surface area contributed by atoms with Gasteiger partial charge in [-0.1, -0.05) is 30.8 Å².